The Bertz CT molecular complexity index is 905. The molecule has 0 bridgehead atoms. The maximum atomic E-state index is 6.14. The average molecular weight is 390 g/mol. The van der Waals surface area contributed by atoms with E-state index in [1.54, 1.807) is 17.8 Å². The van der Waals surface area contributed by atoms with Gasteiger partial charge in [0.05, 0.1) is 10.0 Å². The van der Waals surface area contributed by atoms with Crippen molar-refractivity contribution < 1.29 is 0 Å². The number of benzene rings is 2. The highest BCUT2D eigenvalue weighted by Gasteiger charge is 2.15. The fraction of sp³-hybridized carbons (Fsp3) is 0.158. The van der Waals surface area contributed by atoms with Crippen molar-refractivity contribution in [3.63, 3.8) is 0 Å². The third-order valence-corrected chi connectivity index (χ3v) is 5.58. The lowest BCUT2D eigenvalue weighted by Gasteiger charge is -2.09. The second kappa shape index (κ2) is 8.09. The number of thioether (sulfide) groups is 1. The molecule has 3 aromatic rings. The van der Waals surface area contributed by atoms with Gasteiger partial charge in [-0.25, -0.2) is 0 Å². The zero-order chi connectivity index (χ0) is 17.8. The van der Waals surface area contributed by atoms with Gasteiger partial charge in [0, 0.05) is 17.9 Å². The molecule has 0 saturated heterocycles. The quantitative estimate of drug-likeness (QED) is 0.380. The fourth-order valence-electron chi connectivity index (χ4n) is 2.45. The molecule has 1 heterocycles. The monoisotopic (exact) mass is 389 g/mol. The third kappa shape index (κ3) is 4.09. The fourth-order valence-corrected chi connectivity index (χ4v) is 3.77. The predicted molar refractivity (Wildman–Crippen MR) is 106 cm³/mol. The molecule has 0 aliphatic rings. The molecule has 0 atom stereocenters. The van der Waals surface area contributed by atoms with E-state index in [2.05, 4.69) is 41.9 Å². The first-order valence-corrected chi connectivity index (χ1v) is 9.51. The molecule has 0 aliphatic carbocycles. The van der Waals surface area contributed by atoms with Crippen molar-refractivity contribution in [3.8, 4) is 11.4 Å². The lowest BCUT2D eigenvalue weighted by molar-refractivity contribution is 0.731. The molecule has 0 unspecified atom stereocenters. The molecule has 1 aromatic heterocycles. The van der Waals surface area contributed by atoms with Gasteiger partial charge in [0.1, 0.15) is 0 Å². The van der Waals surface area contributed by atoms with Crippen LogP contribution >= 0.6 is 35.0 Å². The summed E-state index contributed by atoms with van der Waals surface area (Å²) in [5.41, 5.74) is 3.44. The second-order valence-corrected chi connectivity index (χ2v) is 7.31. The highest BCUT2D eigenvalue weighted by atomic mass is 35.5. The summed E-state index contributed by atoms with van der Waals surface area (Å²) in [6.45, 7) is 6.58. The predicted octanol–water partition coefficient (Wildman–Crippen LogP) is 6.04. The molecule has 6 heteroatoms. The summed E-state index contributed by atoms with van der Waals surface area (Å²) in [4.78, 5) is 0. The van der Waals surface area contributed by atoms with Crippen LogP contribution in [-0.4, -0.2) is 14.8 Å². The van der Waals surface area contributed by atoms with Gasteiger partial charge in [0.2, 0.25) is 0 Å². The van der Waals surface area contributed by atoms with Crippen molar-refractivity contribution in [2.45, 2.75) is 24.4 Å². The summed E-state index contributed by atoms with van der Waals surface area (Å²) in [5.74, 6) is 1.59. The third-order valence-electron chi connectivity index (χ3n) is 3.82. The van der Waals surface area contributed by atoms with Gasteiger partial charge in [0.25, 0.3) is 0 Å². The van der Waals surface area contributed by atoms with E-state index in [0.717, 1.165) is 22.3 Å². The molecular weight excluding hydrogens is 373 g/mol. The molecule has 0 spiro atoms. The van der Waals surface area contributed by atoms with Gasteiger partial charge in [0.15, 0.2) is 11.0 Å². The Hall–Kier alpha value is -1.75. The van der Waals surface area contributed by atoms with Crippen molar-refractivity contribution in [3.05, 3.63) is 76.3 Å². The van der Waals surface area contributed by atoms with E-state index >= 15 is 0 Å². The van der Waals surface area contributed by atoms with Crippen LogP contribution in [0.3, 0.4) is 0 Å². The first kappa shape index (κ1) is 18.1. The maximum Gasteiger partial charge on any atom is 0.192 e. The number of hydrogen-bond acceptors (Lipinski definition) is 3. The van der Waals surface area contributed by atoms with Crippen LogP contribution in [0.5, 0.6) is 0 Å². The number of rotatable bonds is 6. The largest absolute Gasteiger partial charge is 0.298 e. The molecule has 2 aromatic carbocycles. The van der Waals surface area contributed by atoms with Crippen LogP contribution in [0.1, 0.15) is 11.1 Å². The van der Waals surface area contributed by atoms with Crippen LogP contribution in [-0.2, 0) is 12.3 Å². The lowest BCUT2D eigenvalue weighted by Crippen LogP contribution is -2.01. The Labute approximate surface area is 161 Å². The summed E-state index contributed by atoms with van der Waals surface area (Å²) in [7, 11) is 0. The zero-order valence-corrected chi connectivity index (χ0v) is 16.1. The summed E-state index contributed by atoms with van der Waals surface area (Å²) < 4.78 is 2.04. The SMILES string of the molecule is C=CCn1c(SCc2ccccc2C)nnc1-c1ccc(Cl)c(Cl)c1. The molecule has 0 aliphatic heterocycles. The highest BCUT2D eigenvalue weighted by molar-refractivity contribution is 7.98. The Morgan fingerprint density at radius 1 is 1.12 bits per heavy atom. The standard InChI is InChI=1S/C19H17Cl2N3S/c1-3-10-24-18(14-8-9-16(20)17(21)11-14)22-23-19(24)25-12-15-7-5-4-6-13(15)2/h3-9,11H,1,10,12H2,2H3. The molecular formula is C19H17Cl2N3S. The van der Waals surface area contributed by atoms with Crippen molar-refractivity contribution in [2.75, 3.05) is 0 Å². The van der Waals surface area contributed by atoms with Crippen molar-refractivity contribution in [1.82, 2.24) is 14.8 Å². The number of halogens is 2. The molecule has 3 rings (SSSR count). The van der Waals surface area contributed by atoms with E-state index in [9.17, 15) is 0 Å². The lowest BCUT2D eigenvalue weighted by atomic mass is 10.1. The summed E-state index contributed by atoms with van der Waals surface area (Å²) in [6.07, 6.45) is 1.84. The minimum atomic E-state index is 0.501. The van der Waals surface area contributed by atoms with E-state index in [1.807, 2.05) is 28.8 Å². The molecule has 25 heavy (non-hydrogen) atoms. The Balaban J connectivity index is 1.90. The zero-order valence-electron chi connectivity index (χ0n) is 13.7. The molecule has 0 fully saturated rings. The molecule has 0 saturated carbocycles. The van der Waals surface area contributed by atoms with Crippen LogP contribution in [0, 0.1) is 6.92 Å². The van der Waals surface area contributed by atoms with E-state index < -0.39 is 0 Å². The molecule has 0 N–H and O–H groups in total. The van der Waals surface area contributed by atoms with Gasteiger partial charge < -0.3 is 0 Å². The topological polar surface area (TPSA) is 30.7 Å². The second-order valence-electron chi connectivity index (χ2n) is 5.55. The normalized spacial score (nSPS) is 10.8. The Kier molecular flexibility index (Phi) is 5.84. The average Bonchev–Trinajstić information content (AvgIpc) is 3.00. The van der Waals surface area contributed by atoms with Gasteiger partial charge in [-0.05, 0) is 36.2 Å². The number of hydrogen-bond donors (Lipinski definition) is 0. The van der Waals surface area contributed by atoms with Crippen LogP contribution in [0.25, 0.3) is 11.4 Å². The number of allylic oxidation sites excluding steroid dienone is 1. The summed E-state index contributed by atoms with van der Waals surface area (Å²) >= 11 is 13.8. The molecule has 128 valence electrons. The van der Waals surface area contributed by atoms with Gasteiger partial charge >= 0.3 is 0 Å². The van der Waals surface area contributed by atoms with E-state index in [4.69, 9.17) is 23.2 Å². The van der Waals surface area contributed by atoms with Gasteiger partial charge in [-0.15, -0.1) is 16.8 Å². The highest BCUT2D eigenvalue weighted by Crippen LogP contribution is 2.31. The number of aryl methyl sites for hydroxylation is 1. The van der Waals surface area contributed by atoms with Gasteiger partial charge in [-0.3, -0.25) is 4.57 Å². The van der Waals surface area contributed by atoms with Crippen LogP contribution in [0.4, 0.5) is 0 Å². The van der Waals surface area contributed by atoms with Crippen molar-refractivity contribution in [2.24, 2.45) is 0 Å². The van der Waals surface area contributed by atoms with E-state index in [1.165, 1.54) is 11.1 Å². The molecule has 0 radical (unpaired) electrons. The number of aromatic nitrogens is 3. The smallest absolute Gasteiger partial charge is 0.192 e. The van der Waals surface area contributed by atoms with E-state index in [-0.39, 0.29) is 0 Å². The molecule has 3 nitrogen and oxygen atoms in total. The molecule has 0 amide bonds. The first-order valence-electron chi connectivity index (χ1n) is 7.77. The number of nitrogens with zero attached hydrogens (tertiary/aromatic N) is 3. The summed E-state index contributed by atoms with van der Waals surface area (Å²) in [6, 6.07) is 13.8. The minimum Gasteiger partial charge on any atom is -0.298 e. The van der Waals surface area contributed by atoms with Crippen LogP contribution in [0.15, 0.2) is 60.3 Å². The minimum absolute atomic E-state index is 0.501. The summed E-state index contributed by atoms with van der Waals surface area (Å²) in [5, 5.41) is 10.6. The Morgan fingerprint density at radius 3 is 2.64 bits per heavy atom. The van der Waals surface area contributed by atoms with Crippen molar-refractivity contribution in [1.29, 1.82) is 0 Å². The first-order chi connectivity index (χ1) is 12.1. The van der Waals surface area contributed by atoms with Crippen molar-refractivity contribution >= 4 is 35.0 Å². The Morgan fingerprint density at radius 2 is 1.92 bits per heavy atom. The van der Waals surface area contributed by atoms with Gasteiger partial charge in [-0.2, -0.15) is 0 Å². The van der Waals surface area contributed by atoms with Crippen LogP contribution < -0.4 is 0 Å². The van der Waals surface area contributed by atoms with E-state index in [0.29, 0.717) is 16.6 Å². The van der Waals surface area contributed by atoms with Gasteiger partial charge in [-0.1, -0.05) is 65.3 Å². The van der Waals surface area contributed by atoms with Crippen LogP contribution in [0.2, 0.25) is 10.0 Å². The maximum absolute atomic E-state index is 6.14.